The molecule has 6 fully saturated rings. The molecular formula is C62H113N5O37. The van der Waals surface area contributed by atoms with Crippen molar-refractivity contribution in [2.24, 2.45) is 5.73 Å². The van der Waals surface area contributed by atoms with E-state index in [2.05, 4.69) is 21.5 Å². The van der Waals surface area contributed by atoms with Gasteiger partial charge in [-0.25, -0.2) is 5.43 Å². The number of carbonyl (C=O) groups excluding carboxylic acids is 5. The summed E-state index contributed by atoms with van der Waals surface area (Å²) in [7, 11) is 0. The van der Waals surface area contributed by atoms with Crippen molar-refractivity contribution in [1.82, 2.24) is 21.5 Å². The van der Waals surface area contributed by atoms with Gasteiger partial charge in [-0.2, -0.15) is 0 Å². The summed E-state index contributed by atoms with van der Waals surface area (Å²) in [5, 5.41) is 210. The van der Waals surface area contributed by atoms with Crippen LogP contribution in [-0.2, 0) is 80.8 Å². The fourth-order valence-electron chi connectivity index (χ4n) is 11.4. The van der Waals surface area contributed by atoms with Crippen molar-refractivity contribution in [2.45, 2.75) is 288 Å². The van der Waals surface area contributed by atoms with E-state index in [1.807, 2.05) is 20.8 Å². The van der Waals surface area contributed by atoms with Crippen LogP contribution in [0.4, 0.5) is 0 Å². The van der Waals surface area contributed by atoms with Gasteiger partial charge in [0.1, 0.15) is 159 Å². The zero-order chi connectivity index (χ0) is 77.5. The Morgan fingerprint density at radius 1 is 0.404 bits per heavy atom. The smallest absolute Gasteiger partial charge is 0.234 e. The zero-order valence-electron chi connectivity index (χ0n) is 58.2. The van der Waals surface area contributed by atoms with E-state index >= 15 is 0 Å². The highest BCUT2D eigenvalue weighted by molar-refractivity contribution is 5.79. The summed E-state index contributed by atoms with van der Waals surface area (Å²) >= 11 is 0. The summed E-state index contributed by atoms with van der Waals surface area (Å²) in [5.74, 6) is -1.01. The van der Waals surface area contributed by atoms with Crippen molar-refractivity contribution < 1.29 is 183 Å². The SMILES string of the molecule is CC.CCNC(=O)CCCCC(=O)CCCO[C@H]1O[C@H](CO[C@H]2O[C@H](CO)[C@@H](O)[C@H](O)[C@@H]2O)[C@@H](O)[C@H](O[C@H]2O[C@H](CO)[C@@H](O)[C@H](O)[C@@H]2O)[C@@H]1O.NCCCC[C@@H](C=O)NNC(=O)CCCC(=O)NCCO[C@H]1O[C@H](CO[C@H]2O[C@H](CO)[C@@H](O)[C@H](O)[C@@H]2O)[C@@H](O)[C@H](O[C@H]2O[C@H](CO)[C@@H](O)[C@H](O)[C@@H]2O)[C@@H]1O. The summed E-state index contributed by atoms with van der Waals surface area (Å²) in [6.45, 7) is 2.08. The standard InChI is InChI=1S/C31H56N4O19.C29H51NO18.C2H6/c32-7-2-1-4-14(10-36)34-35-19(40)6-3-5-18(39)33-8-9-49-30-27(48)28(54-31-26(47)24(45)21(42)16(12-38)52-31)22(43)17(53-30)13-50-29-25(46)23(44)20(41)15(11-37)51-29;1-2-30-17(34)8-4-3-6-13(33)7-5-9-43-28-25(42)26(48-29-24(41)22(39)19(36)15(11-32)46-29)20(37)16(47-28)12-44-27-23(40)21(38)18(35)14(10-31)45-27;1-2/h10,14-17,20-31,34,37-38,41-48H,1-9,11-13,32H2,(H,33,39)(H,35,40);14-16,18-29,31-32,35-42H,2-12H2,1H3,(H,30,34);1-2H3/t14-,15+,16+,17+,20+,21+,22+,23-,24-,25-,26-,27-,28-,29-,30-,31+;14-,15-,16-,18-,19-,20-,21+,22+,23+,24+,25+,26+,27+,28+,29-;/m01./s1. The Kier molecular flexibility index (Phi) is 42.9. The van der Waals surface area contributed by atoms with Gasteiger partial charge in [-0.05, 0) is 52.0 Å². The maximum absolute atomic E-state index is 12.4. The minimum absolute atomic E-state index is 0.0157. The molecule has 0 bridgehead atoms. The lowest BCUT2D eigenvalue weighted by atomic mass is 9.96. The van der Waals surface area contributed by atoms with Crippen LogP contribution in [0.3, 0.4) is 0 Å². The number of ether oxygens (including phenoxy) is 12. The highest BCUT2D eigenvalue weighted by atomic mass is 16.8. The third-order valence-electron chi connectivity index (χ3n) is 17.5. The molecule has 0 aromatic carbocycles. The second kappa shape index (κ2) is 48.1. The van der Waals surface area contributed by atoms with E-state index in [0.29, 0.717) is 51.5 Å². The number of ketones is 1. The lowest BCUT2D eigenvalue weighted by molar-refractivity contribution is -0.366. The van der Waals surface area contributed by atoms with Gasteiger partial charge in [0, 0.05) is 45.2 Å². The molecular weight excluding hydrogens is 1410 g/mol. The summed E-state index contributed by atoms with van der Waals surface area (Å²) in [5.41, 5.74) is 10.5. The average Bonchev–Trinajstić information content (AvgIpc) is 0.796. The number of nitrogens with one attached hydrogen (secondary N) is 4. The van der Waals surface area contributed by atoms with Gasteiger partial charge in [0.2, 0.25) is 17.7 Å². The number of unbranched alkanes of at least 4 members (excludes halogenated alkanes) is 2. The molecule has 0 saturated carbocycles. The van der Waals surface area contributed by atoms with Gasteiger partial charge in [0.15, 0.2) is 37.7 Å². The highest BCUT2D eigenvalue weighted by Gasteiger charge is 2.55. The maximum atomic E-state index is 12.4. The first-order chi connectivity index (χ1) is 49.6. The number of aliphatic hydroxyl groups is 20. The van der Waals surface area contributed by atoms with Gasteiger partial charge in [-0.1, -0.05) is 20.3 Å². The summed E-state index contributed by atoms with van der Waals surface area (Å²) in [6, 6.07) is -0.571. The molecule has 42 heteroatoms. The van der Waals surface area contributed by atoms with E-state index in [1.54, 1.807) is 0 Å². The lowest BCUT2D eigenvalue weighted by Gasteiger charge is -2.46. The summed E-state index contributed by atoms with van der Waals surface area (Å²) in [6.07, 6.45) is -45.3. The van der Waals surface area contributed by atoms with Crippen molar-refractivity contribution in [1.29, 1.82) is 0 Å². The topological polar surface area (TPSA) is 675 Å². The largest absolute Gasteiger partial charge is 0.394 e. The Balaban J connectivity index is 0.000000433. The van der Waals surface area contributed by atoms with Crippen LogP contribution in [-0.4, -0.2) is 395 Å². The number of aliphatic hydroxyl groups excluding tert-OH is 20. The number of nitrogens with two attached hydrogens (primary N) is 1. The molecule has 42 nitrogen and oxygen atoms in total. The van der Waals surface area contributed by atoms with Crippen molar-refractivity contribution in [3.63, 3.8) is 0 Å². The minimum Gasteiger partial charge on any atom is -0.394 e. The number of rotatable bonds is 40. The predicted molar refractivity (Wildman–Crippen MR) is 344 cm³/mol. The zero-order valence-corrected chi connectivity index (χ0v) is 58.2. The Morgan fingerprint density at radius 2 is 0.769 bits per heavy atom. The number of Topliss-reactive ketones (excluding diaryl/α,β-unsaturated/α-hetero) is 1. The van der Waals surface area contributed by atoms with E-state index in [0.717, 1.165) is 6.42 Å². The Bertz CT molecular complexity index is 2420. The molecule has 6 heterocycles. The Labute approximate surface area is 599 Å². The molecule has 0 spiro atoms. The summed E-state index contributed by atoms with van der Waals surface area (Å²) in [4.78, 5) is 59.4. The molecule has 6 rings (SSSR count). The second-order valence-corrected chi connectivity index (χ2v) is 25.2. The fraction of sp³-hybridized carbons (Fsp3) is 0.919. The number of aldehydes is 1. The van der Waals surface area contributed by atoms with Crippen molar-refractivity contribution in [2.75, 3.05) is 72.5 Å². The number of hydrogen-bond donors (Lipinski definition) is 25. The Morgan fingerprint density at radius 3 is 1.19 bits per heavy atom. The molecule has 104 heavy (non-hydrogen) atoms. The molecule has 6 aliphatic rings. The molecule has 0 aliphatic carbocycles. The molecule has 6 saturated heterocycles. The minimum atomic E-state index is -1.91. The van der Waals surface area contributed by atoms with Gasteiger partial charge in [0.05, 0.1) is 58.9 Å². The normalized spacial score (nSPS) is 38.3. The molecule has 608 valence electrons. The highest BCUT2D eigenvalue weighted by Crippen LogP contribution is 2.34. The van der Waals surface area contributed by atoms with E-state index in [-0.39, 0.29) is 70.0 Å². The van der Waals surface area contributed by atoms with E-state index in [4.69, 9.17) is 62.6 Å². The molecule has 3 amide bonds. The van der Waals surface area contributed by atoms with Gasteiger partial charge in [-0.3, -0.25) is 24.6 Å². The molecule has 31 atom stereocenters. The third-order valence-corrected chi connectivity index (χ3v) is 17.5. The van der Waals surface area contributed by atoms with Gasteiger partial charge < -0.3 is 180 Å². The van der Waals surface area contributed by atoms with E-state index < -0.39 is 242 Å². The first-order valence-electron chi connectivity index (χ1n) is 34.9. The number of carbonyl (C=O) groups is 5. The van der Waals surface area contributed by atoms with Crippen molar-refractivity contribution in [3.8, 4) is 0 Å². The molecule has 0 aromatic rings. The first-order valence-corrected chi connectivity index (χ1v) is 34.9. The Hall–Kier alpha value is -3.61. The third kappa shape index (κ3) is 27.4. The van der Waals surface area contributed by atoms with Crippen LogP contribution in [0, 0.1) is 0 Å². The lowest BCUT2D eigenvalue weighted by Crippen LogP contribution is -2.65. The van der Waals surface area contributed by atoms with Gasteiger partial charge in [0.25, 0.3) is 0 Å². The monoisotopic (exact) mass is 1520 g/mol. The van der Waals surface area contributed by atoms with Crippen molar-refractivity contribution in [3.05, 3.63) is 0 Å². The van der Waals surface area contributed by atoms with Crippen LogP contribution >= 0.6 is 0 Å². The first kappa shape index (κ1) is 92.8. The van der Waals surface area contributed by atoms with Crippen molar-refractivity contribution >= 4 is 29.8 Å². The molecule has 0 radical (unpaired) electrons. The number of hydrazine groups is 1. The van der Waals surface area contributed by atoms with E-state index in [9.17, 15) is 126 Å². The van der Waals surface area contributed by atoms with Gasteiger partial charge >= 0.3 is 0 Å². The van der Waals surface area contributed by atoms with Crippen LogP contribution in [0.2, 0.25) is 0 Å². The van der Waals surface area contributed by atoms with Crippen LogP contribution in [0.1, 0.15) is 97.8 Å². The van der Waals surface area contributed by atoms with Crippen LogP contribution in [0.15, 0.2) is 0 Å². The maximum Gasteiger partial charge on any atom is 0.234 e. The average molecular weight is 1520 g/mol. The molecule has 0 unspecified atom stereocenters. The van der Waals surface area contributed by atoms with Crippen LogP contribution in [0.5, 0.6) is 0 Å². The predicted octanol–water partition coefficient (Wildman–Crippen LogP) is -12.4. The number of amides is 3. The van der Waals surface area contributed by atoms with Crippen LogP contribution < -0.4 is 27.2 Å². The fourth-order valence-corrected chi connectivity index (χ4v) is 11.4. The van der Waals surface area contributed by atoms with Crippen LogP contribution in [0.25, 0.3) is 0 Å². The number of hydrogen-bond acceptors (Lipinski definition) is 39. The molecule has 0 aromatic heterocycles. The summed E-state index contributed by atoms with van der Waals surface area (Å²) < 4.78 is 66.3. The molecule has 26 N–H and O–H groups in total. The quantitative estimate of drug-likeness (QED) is 0.0154. The second-order valence-electron chi connectivity index (χ2n) is 25.2. The molecule has 6 aliphatic heterocycles. The van der Waals surface area contributed by atoms with E-state index in [1.165, 1.54) is 0 Å². The van der Waals surface area contributed by atoms with Gasteiger partial charge in [-0.15, -0.1) is 0 Å².